The van der Waals surface area contributed by atoms with E-state index >= 15 is 0 Å². The minimum Gasteiger partial charge on any atom is -0.491 e. The van der Waals surface area contributed by atoms with Crippen LogP contribution in [0.4, 0.5) is 0 Å². The summed E-state index contributed by atoms with van der Waals surface area (Å²) >= 11 is 0. The molecular formula is C12H18ClNO. The van der Waals surface area contributed by atoms with E-state index in [9.17, 15) is 0 Å². The first-order valence-electron chi connectivity index (χ1n) is 5.26. The molecule has 1 aromatic carbocycles. The minimum absolute atomic E-state index is 0. The molecule has 0 amide bonds. The molecule has 0 aromatic heterocycles. The maximum absolute atomic E-state index is 5.58. The van der Waals surface area contributed by atoms with Crippen molar-refractivity contribution < 1.29 is 4.74 Å². The topological polar surface area (TPSA) is 21.3 Å². The smallest absolute Gasteiger partial charge is 0.119 e. The summed E-state index contributed by atoms with van der Waals surface area (Å²) in [5.74, 6) is 0.961. The summed E-state index contributed by atoms with van der Waals surface area (Å²) in [6, 6.07) is 8.97. The van der Waals surface area contributed by atoms with Crippen LogP contribution in [0.5, 0.6) is 5.75 Å². The monoisotopic (exact) mass is 227 g/mol. The highest BCUT2D eigenvalue weighted by atomic mass is 35.5. The highest BCUT2D eigenvalue weighted by Crippen LogP contribution is 2.24. The lowest BCUT2D eigenvalue weighted by Gasteiger charge is -2.28. The third kappa shape index (κ3) is 3.11. The standard InChI is InChI=1S/C12H17NO.ClH/c1-9(2)14-11-5-3-10(4-6-11)12-7-8-13-12;/h3-6,9,12-13H,7-8H2,1-2H3;1H/t12-;/m1./s1. The molecule has 1 N–H and O–H groups in total. The van der Waals surface area contributed by atoms with Gasteiger partial charge in [-0.1, -0.05) is 12.1 Å². The van der Waals surface area contributed by atoms with Crippen LogP contribution in [-0.2, 0) is 0 Å². The van der Waals surface area contributed by atoms with Crippen molar-refractivity contribution in [2.75, 3.05) is 6.54 Å². The van der Waals surface area contributed by atoms with Gasteiger partial charge in [-0.15, -0.1) is 12.4 Å². The Labute approximate surface area is 97.4 Å². The molecule has 1 heterocycles. The van der Waals surface area contributed by atoms with Crippen molar-refractivity contribution >= 4 is 12.4 Å². The Kier molecular flexibility index (Phi) is 4.43. The van der Waals surface area contributed by atoms with Crippen LogP contribution in [0, 0.1) is 0 Å². The van der Waals surface area contributed by atoms with E-state index in [-0.39, 0.29) is 18.5 Å². The van der Waals surface area contributed by atoms with Gasteiger partial charge in [0.05, 0.1) is 6.10 Å². The lowest BCUT2D eigenvalue weighted by molar-refractivity contribution is 0.242. The van der Waals surface area contributed by atoms with Gasteiger partial charge >= 0.3 is 0 Å². The van der Waals surface area contributed by atoms with Crippen LogP contribution < -0.4 is 10.1 Å². The molecule has 2 rings (SSSR count). The predicted molar refractivity (Wildman–Crippen MR) is 64.8 cm³/mol. The molecule has 1 fully saturated rings. The van der Waals surface area contributed by atoms with Crippen LogP contribution in [0.1, 0.15) is 31.9 Å². The number of hydrogen-bond donors (Lipinski definition) is 1. The lowest BCUT2D eigenvalue weighted by atomic mass is 9.98. The van der Waals surface area contributed by atoms with E-state index in [1.165, 1.54) is 12.0 Å². The number of hydrogen-bond acceptors (Lipinski definition) is 2. The quantitative estimate of drug-likeness (QED) is 0.858. The summed E-state index contributed by atoms with van der Waals surface area (Å²) in [4.78, 5) is 0. The van der Waals surface area contributed by atoms with Crippen molar-refractivity contribution in [2.45, 2.75) is 32.4 Å². The molecule has 0 unspecified atom stereocenters. The summed E-state index contributed by atoms with van der Waals surface area (Å²) < 4.78 is 5.58. The Bertz CT molecular complexity index is 293. The minimum atomic E-state index is 0. The SMILES string of the molecule is CC(C)Oc1ccc([C@H]2CCN2)cc1.Cl. The second-order valence-electron chi connectivity index (χ2n) is 4.03. The van der Waals surface area contributed by atoms with Crippen LogP contribution in [-0.4, -0.2) is 12.6 Å². The van der Waals surface area contributed by atoms with E-state index in [4.69, 9.17) is 4.74 Å². The molecule has 0 radical (unpaired) electrons. The zero-order chi connectivity index (χ0) is 9.97. The molecule has 84 valence electrons. The van der Waals surface area contributed by atoms with Gasteiger partial charge in [0.1, 0.15) is 5.75 Å². The molecule has 1 atom stereocenters. The second kappa shape index (κ2) is 5.38. The Hall–Kier alpha value is -0.730. The molecule has 1 aliphatic heterocycles. The third-order valence-corrected chi connectivity index (χ3v) is 2.48. The first kappa shape index (κ1) is 12.3. The van der Waals surface area contributed by atoms with Crippen molar-refractivity contribution in [3.8, 4) is 5.75 Å². The maximum atomic E-state index is 5.58. The number of benzene rings is 1. The summed E-state index contributed by atoms with van der Waals surface area (Å²) in [6.07, 6.45) is 1.51. The summed E-state index contributed by atoms with van der Waals surface area (Å²) in [6.45, 7) is 5.23. The van der Waals surface area contributed by atoms with Gasteiger partial charge in [-0.25, -0.2) is 0 Å². The average Bonchev–Trinajstić information content (AvgIpc) is 2.04. The van der Waals surface area contributed by atoms with Crippen molar-refractivity contribution in [3.05, 3.63) is 29.8 Å². The second-order valence-corrected chi connectivity index (χ2v) is 4.03. The van der Waals surface area contributed by atoms with Crippen molar-refractivity contribution in [1.82, 2.24) is 5.32 Å². The van der Waals surface area contributed by atoms with Crippen LogP contribution in [0.3, 0.4) is 0 Å². The van der Waals surface area contributed by atoms with Gasteiger partial charge in [0.25, 0.3) is 0 Å². The van der Waals surface area contributed by atoms with Crippen molar-refractivity contribution in [2.24, 2.45) is 0 Å². The van der Waals surface area contributed by atoms with Gasteiger partial charge in [0, 0.05) is 6.04 Å². The molecular weight excluding hydrogens is 210 g/mol. The van der Waals surface area contributed by atoms with E-state index in [1.54, 1.807) is 0 Å². The Morgan fingerprint density at radius 1 is 1.27 bits per heavy atom. The predicted octanol–water partition coefficient (Wildman–Crippen LogP) is 2.93. The van der Waals surface area contributed by atoms with E-state index in [2.05, 4.69) is 29.6 Å². The van der Waals surface area contributed by atoms with Gasteiger partial charge in [-0.3, -0.25) is 0 Å². The van der Waals surface area contributed by atoms with E-state index in [1.807, 2.05) is 13.8 Å². The van der Waals surface area contributed by atoms with Crippen molar-refractivity contribution in [3.63, 3.8) is 0 Å². The van der Waals surface area contributed by atoms with Crippen LogP contribution in [0.15, 0.2) is 24.3 Å². The van der Waals surface area contributed by atoms with Crippen molar-refractivity contribution in [1.29, 1.82) is 0 Å². The van der Waals surface area contributed by atoms with Crippen LogP contribution >= 0.6 is 12.4 Å². The number of rotatable bonds is 3. The number of ether oxygens (including phenoxy) is 1. The Morgan fingerprint density at radius 2 is 1.87 bits per heavy atom. The largest absolute Gasteiger partial charge is 0.491 e. The Morgan fingerprint density at radius 3 is 2.27 bits per heavy atom. The fraction of sp³-hybridized carbons (Fsp3) is 0.500. The van der Waals surface area contributed by atoms with Gasteiger partial charge in [0.2, 0.25) is 0 Å². The van der Waals surface area contributed by atoms with Gasteiger partial charge < -0.3 is 10.1 Å². The van der Waals surface area contributed by atoms with Crippen LogP contribution in [0.2, 0.25) is 0 Å². The molecule has 0 bridgehead atoms. The van der Waals surface area contributed by atoms with E-state index in [0.717, 1.165) is 12.3 Å². The molecule has 0 aliphatic carbocycles. The number of nitrogens with one attached hydrogen (secondary N) is 1. The van der Waals surface area contributed by atoms with Gasteiger partial charge in [-0.2, -0.15) is 0 Å². The number of halogens is 1. The first-order valence-corrected chi connectivity index (χ1v) is 5.26. The molecule has 1 aromatic rings. The third-order valence-electron chi connectivity index (χ3n) is 2.48. The van der Waals surface area contributed by atoms with Crippen LogP contribution in [0.25, 0.3) is 0 Å². The summed E-state index contributed by atoms with van der Waals surface area (Å²) in [5.41, 5.74) is 1.37. The zero-order valence-corrected chi connectivity index (χ0v) is 10.0. The first-order chi connectivity index (χ1) is 6.75. The van der Waals surface area contributed by atoms with E-state index < -0.39 is 0 Å². The Balaban J connectivity index is 0.00000112. The molecule has 1 saturated heterocycles. The molecule has 3 heteroatoms. The highest BCUT2D eigenvalue weighted by molar-refractivity contribution is 5.85. The van der Waals surface area contributed by atoms with Gasteiger partial charge in [0.15, 0.2) is 0 Å². The molecule has 1 aliphatic rings. The highest BCUT2D eigenvalue weighted by Gasteiger charge is 2.17. The molecule has 15 heavy (non-hydrogen) atoms. The maximum Gasteiger partial charge on any atom is 0.119 e. The molecule has 0 saturated carbocycles. The zero-order valence-electron chi connectivity index (χ0n) is 9.19. The average molecular weight is 228 g/mol. The van der Waals surface area contributed by atoms with Gasteiger partial charge in [-0.05, 0) is 44.5 Å². The normalized spacial score (nSPS) is 19.3. The summed E-state index contributed by atoms with van der Waals surface area (Å²) in [7, 11) is 0. The molecule has 0 spiro atoms. The van der Waals surface area contributed by atoms with E-state index in [0.29, 0.717) is 6.04 Å². The fourth-order valence-electron chi connectivity index (χ4n) is 1.62. The fourth-order valence-corrected chi connectivity index (χ4v) is 1.62. The summed E-state index contributed by atoms with van der Waals surface area (Å²) in [5, 5.41) is 3.38. The lowest BCUT2D eigenvalue weighted by Crippen LogP contribution is -2.34. The molecule has 2 nitrogen and oxygen atoms in total.